The summed E-state index contributed by atoms with van der Waals surface area (Å²) >= 11 is 0. The van der Waals surface area contributed by atoms with Gasteiger partial charge in [-0.1, -0.05) is 24.9 Å². The molecule has 5 heteroatoms. The van der Waals surface area contributed by atoms with E-state index in [1.54, 1.807) is 0 Å². The summed E-state index contributed by atoms with van der Waals surface area (Å²) in [5, 5.41) is 13.9. The zero-order chi connectivity index (χ0) is 13.7. The first kappa shape index (κ1) is 14.5. The molecule has 5 nitrogen and oxygen atoms in total. The summed E-state index contributed by atoms with van der Waals surface area (Å²) in [6.45, 7) is 5.68. The molecule has 1 aliphatic rings. The van der Waals surface area contributed by atoms with Crippen molar-refractivity contribution in [2.24, 2.45) is 0 Å². The van der Waals surface area contributed by atoms with Gasteiger partial charge in [0.1, 0.15) is 0 Å². The monoisotopic (exact) mass is 267 g/mol. The van der Waals surface area contributed by atoms with Crippen molar-refractivity contribution in [3.05, 3.63) is 11.7 Å². The third-order valence-electron chi connectivity index (χ3n) is 3.82. The first-order valence-corrected chi connectivity index (χ1v) is 7.44. The molecule has 2 rings (SSSR count). The Bertz CT molecular complexity index is 379. The molecule has 1 aromatic heterocycles. The van der Waals surface area contributed by atoms with Crippen LogP contribution in [0.2, 0.25) is 0 Å². The molecule has 1 saturated heterocycles. The van der Waals surface area contributed by atoms with E-state index in [2.05, 4.69) is 22.0 Å². The lowest BCUT2D eigenvalue weighted by atomic mass is 9.98. The number of hydrogen-bond acceptors (Lipinski definition) is 5. The highest BCUT2D eigenvalue weighted by Gasteiger charge is 2.27. The van der Waals surface area contributed by atoms with Crippen LogP contribution in [0.3, 0.4) is 0 Å². The Balaban J connectivity index is 1.93. The molecule has 19 heavy (non-hydrogen) atoms. The van der Waals surface area contributed by atoms with Gasteiger partial charge in [-0.25, -0.2) is 0 Å². The van der Waals surface area contributed by atoms with Gasteiger partial charge in [0.25, 0.3) is 0 Å². The third-order valence-corrected chi connectivity index (χ3v) is 3.82. The zero-order valence-corrected chi connectivity index (χ0v) is 12.0. The first-order chi connectivity index (χ1) is 9.20. The van der Waals surface area contributed by atoms with Crippen LogP contribution in [0.5, 0.6) is 0 Å². The van der Waals surface area contributed by atoms with E-state index in [9.17, 15) is 5.11 Å². The summed E-state index contributed by atoms with van der Waals surface area (Å²) in [5.41, 5.74) is 0. The molecule has 108 valence electrons. The maximum Gasteiger partial charge on any atom is 0.240 e. The Labute approximate surface area is 115 Å². The molecule has 2 unspecified atom stereocenters. The lowest BCUT2D eigenvalue weighted by Crippen LogP contribution is -2.45. The molecular weight excluding hydrogens is 242 g/mol. The largest absolute Gasteiger partial charge is 0.392 e. The van der Waals surface area contributed by atoms with Gasteiger partial charge in [-0.15, -0.1) is 0 Å². The van der Waals surface area contributed by atoms with Gasteiger partial charge in [-0.2, -0.15) is 4.98 Å². The number of unbranched alkanes of at least 4 members (excludes halogenated alkanes) is 1. The highest BCUT2D eigenvalue weighted by Crippen LogP contribution is 2.21. The number of aryl methyl sites for hydroxylation is 1. The molecule has 0 spiro atoms. The summed E-state index contributed by atoms with van der Waals surface area (Å²) in [7, 11) is 0. The number of nitrogens with zero attached hydrogens (tertiary/aromatic N) is 3. The van der Waals surface area contributed by atoms with Crippen LogP contribution < -0.4 is 0 Å². The van der Waals surface area contributed by atoms with Gasteiger partial charge in [0.05, 0.1) is 12.6 Å². The summed E-state index contributed by atoms with van der Waals surface area (Å²) in [6.07, 6.45) is 6.24. The summed E-state index contributed by atoms with van der Waals surface area (Å²) in [6, 6.07) is 0.222. The molecule has 2 heterocycles. The Morgan fingerprint density at radius 3 is 3.05 bits per heavy atom. The van der Waals surface area contributed by atoms with Crippen LogP contribution in [0.15, 0.2) is 4.52 Å². The minimum absolute atomic E-state index is 0.222. The Kier molecular flexibility index (Phi) is 5.34. The summed E-state index contributed by atoms with van der Waals surface area (Å²) < 4.78 is 5.31. The Hall–Kier alpha value is -0.940. The van der Waals surface area contributed by atoms with Crippen molar-refractivity contribution < 1.29 is 9.63 Å². The molecule has 0 aromatic carbocycles. The normalized spacial score (nSPS) is 22.6. The zero-order valence-electron chi connectivity index (χ0n) is 12.0. The lowest BCUT2D eigenvalue weighted by Gasteiger charge is -2.36. The molecule has 1 aliphatic heterocycles. The molecule has 0 saturated carbocycles. The fourth-order valence-corrected chi connectivity index (χ4v) is 2.72. The Morgan fingerprint density at radius 2 is 2.32 bits per heavy atom. The smallest absolute Gasteiger partial charge is 0.240 e. The molecule has 1 aromatic rings. The second-order valence-corrected chi connectivity index (χ2v) is 5.48. The SMILES string of the molecule is CCCCc1noc(CN2CCCCC2C(C)O)n1. The molecule has 1 N–H and O–H groups in total. The minimum Gasteiger partial charge on any atom is -0.392 e. The fraction of sp³-hybridized carbons (Fsp3) is 0.857. The van der Waals surface area contributed by atoms with Gasteiger partial charge in [-0.3, -0.25) is 4.90 Å². The van der Waals surface area contributed by atoms with E-state index >= 15 is 0 Å². The highest BCUT2D eigenvalue weighted by molar-refractivity contribution is 4.89. The maximum absolute atomic E-state index is 9.84. The minimum atomic E-state index is -0.303. The third kappa shape index (κ3) is 4.01. The van der Waals surface area contributed by atoms with Gasteiger partial charge >= 0.3 is 0 Å². The number of likely N-dealkylation sites (tertiary alicyclic amines) is 1. The van der Waals surface area contributed by atoms with Crippen LogP contribution in [-0.4, -0.2) is 38.8 Å². The van der Waals surface area contributed by atoms with E-state index in [1.807, 2.05) is 6.92 Å². The second kappa shape index (κ2) is 7.01. The van der Waals surface area contributed by atoms with E-state index in [1.165, 1.54) is 12.8 Å². The summed E-state index contributed by atoms with van der Waals surface area (Å²) in [4.78, 5) is 6.70. The van der Waals surface area contributed by atoms with Crippen LogP contribution >= 0.6 is 0 Å². The predicted octanol–water partition coefficient (Wildman–Crippen LogP) is 2.15. The molecule has 0 aliphatic carbocycles. The van der Waals surface area contributed by atoms with Crippen molar-refractivity contribution >= 4 is 0 Å². The number of hydrogen-bond donors (Lipinski definition) is 1. The van der Waals surface area contributed by atoms with Crippen molar-refractivity contribution in [1.29, 1.82) is 0 Å². The van der Waals surface area contributed by atoms with E-state index < -0.39 is 0 Å². The van der Waals surface area contributed by atoms with Crippen LogP contribution in [0.4, 0.5) is 0 Å². The number of aliphatic hydroxyl groups is 1. The van der Waals surface area contributed by atoms with E-state index in [0.717, 1.165) is 38.1 Å². The topological polar surface area (TPSA) is 62.4 Å². The molecule has 1 fully saturated rings. The number of aromatic nitrogens is 2. The van der Waals surface area contributed by atoms with Gasteiger partial charge in [0.15, 0.2) is 5.82 Å². The van der Waals surface area contributed by atoms with Crippen molar-refractivity contribution in [3.8, 4) is 0 Å². The fourth-order valence-electron chi connectivity index (χ4n) is 2.72. The average molecular weight is 267 g/mol. The standard InChI is InChI=1S/C14H25N3O2/c1-3-4-8-13-15-14(19-16-13)10-17-9-6-5-7-12(17)11(2)18/h11-12,18H,3-10H2,1-2H3. The number of piperidine rings is 1. The van der Waals surface area contributed by atoms with Gasteiger partial charge < -0.3 is 9.63 Å². The van der Waals surface area contributed by atoms with E-state index in [0.29, 0.717) is 12.4 Å². The van der Waals surface area contributed by atoms with Crippen molar-refractivity contribution in [2.45, 2.75) is 71.1 Å². The first-order valence-electron chi connectivity index (χ1n) is 7.44. The summed E-state index contributed by atoms with van der Waals surface area (Å²) in [5.74, 6) is 1.49. The van der Waals surface area contributed by atoms with Gasteiger partial charge in [-0.05, 0) is 32.7 Å². The van der Waals surface area contributed by atoms with Crippen LogP contribution in [0.1, 0.15) is 57.7 Å². The predicted molar refractivity (Wildman–Crippen MR) is 72.6 cm³/mol. The Morgan fingerprint density at radius 1 is 1.47 bits per heavy atom. The van der Waals surface area contributed by atoms with Crippen molar-refractivity contribution in [1.82, 2.24) is 15.0 Å². The lowest BCUT2D eigenvalue weighted by molar-refractivity contribution is 0.0260. The van der Waals surface area contributed by atoms with Crippen LogP contribution in [0, 0.1) is 0 Å². The van der Waals surface area contributed by atoms with Crippen molar-refractivity contribution in [3.63, 3.8) is 0 Å². The molecule has 0 radical (unpaired) electrons. The number of aliphatic hydroxyl groups excluding tert-OH is 1. The molecule has 0 bridgehead atoms. The molecule has 2 atom stereocenters. The molecule has 0 amide bonds. The average Bonchev–Trinajstić information content (AvgIpc) is 2.84. The molecular formula is C14H25N3O2. The highest BCUT2D eigenvalue weighted by atomic mass is 16.5. The number of rotatable bonds is 6. The van der Waals surface area contributed by atoms with E-state index in [-0.39, 0.29) is 12.1 Å². The van der Waals surface area contributed by atoms with E-state index in [4.69, 9.17) is 4.52 Å². The quantitative estimate of drug-likeness (QED) is 0.855. The second-order valence-electron chi connectivity index (χ2n) is 5.48. The van der Waals surface area contributed by atoms with Gasteiger partial charge in [0, 0.05) is 12.5 Å². The van der Waals surface area contributed by atoms with Crippen molar-refractivity contribution in [2.75, 3.05) is 6.54 Å². The van der Waals surface area contributed by atoms with Crippen LogP contribution in [0.25, 0.3) is 0 Å². The van der Waals surface area contributed by atoms with Crippen LogP contribution in [-0.2, 0) is 13.0 Å². The maximum atomic E-state index is 9.84. The van der Waals surface area contributed by atoms with Gasteiger partial charge in [0.2, 0.25) is 5.89 Å².